The molecule has 0 unspecified atom stereocenters. The highest BCUT2D eigenvalue weighted by Crippen LogP contribution is 2.30. The zero-order valence-electron chi connectivity index (χ0n) is 12.2. The number of rotatable bonds is 5. The van der Waals surface area contributed by atoms with Crippen LogP contribution >= 0.6 is 0 Å². The molecule has 2 aromatic rings. The summed E-state index contributed by atoms with van der Waals surface area (Å²) < 4.78 is 15.3. The largest absolute Gasteiger partial charge is 0.479 e. The van der Waals surface area contributed by atoms with Gasteiger partial charge in [-0.3, -0.25) is 0 Å². The van der Waals surface area contributed by atoms with Crippen molar-refractivity contribution in [2.24, 2.45) is 0 Å². The lowest BCUT2D eigenvalue weighted by Crippen LogP contribution is -2.42. The van der Waals surface area contributed by atoms with E-state index in [1.54, 1.807) is 26.0 Å². The van der Waals surface area contributed by atoms with Gasteiger partial charge in [-0.1, -0.05) is 25.5 Å². The smallest absolute Gasteiger partial charge is 0.331 e. The van der Waals surface area contributed by atoms with Crippen LogP contribution in [0.25, 0.3) is 11.4 Å². The van der Waals surface area contributed by atoms with Gasteiger partial charge in [0.25, 0.3) is 0 Å². The van der Waals surface area contributed by atoms with E-state index in [1.165, 1.54) is 10.7 Å². The molecular weight excluding hydrogens is 275 g/mol. The van der Waals surface area contributed by atoms with Gasteiger partial charge < -0.3 is 5.11 Å². The van der Waals surface area contributed by atoms with E-state index in [0.29, 0.717) is 12.8 Å². The van der Waals surface area contributed by atoms with Gasteiger partial charge in [-0.25, -0.2) is 13.9 Å². The SMILES string of the molecule is CCC(CC)(C(=O)O)n1nnnc1-c1cc(C)ccc1F. The molecular formula is C14H17FN4O2. The molecule has 21 heavy (non-hydrogen) atoms. The number of carboxylic acids is 1. The number of carbonyl (C=O) groups is 1. The first-order valence-corrected chi connectivity index (χ1v) is 6.75. The van der Waals surface area contributed by atoms with Crippen LogP contribution in [-0.4, -0.2) is 31.3 Å². The summed E-state index contributed by atoms with van der Waals surface area (Å²) in [4.78, 5) is 11.7. The minimum Gasteiger partial charge on any atom is -0.479 e. The predicted molar refractivity (Wildman–Crippen MR) is 74.1 cm³/mol. The second kappa shape index (κ2) is 5.59. The Morgan fingerprint density at radius 3 is 2.62 bits per heavy atom. The van der Waals surface area contributed by atoms with Gasteiger partial charge in [0, 0.05) is 0 Å². The number of aliphatic carboxylic acids is 1. The number of halogens is 1. The lowest BCUT2D eigenvalue weighted by atomic mass is 9.92. The van der Waals surface area contributed by atoms with Crippen molar-refractivity contribution in [1.29, 1.82) is 0 Å². The van der Waals surface area contributed by atoms with Crippen molar-refractivity contribution in [1.82, 2.24) is 20.2 Å². The van der Waals surface area contributed by atoms with Crippen molar-refractivity contribution in [3.8, 4) is 11.4 Å². The first-order chi connectivity index (χ1) is 9.96. The van der Waals surface area contributed by atoms with Crippen molar-refractivity contribution in [2.75, 3.05) is 0 Å². The van der Waals surface area contributed by atoms with Gasteiger partial charge in [0.2, 0.25) is 0 Å². The minimum absolute atomic E-state index is 0.127. The fourth-order valence-corrected chi connectivity index (χ4v) is 2.40. The van der Waals surface area contributed by atoms with E-state index in [9.17, 15) is 14.3 Å². The van der Waals surface area contributed by atoms with Crippen molar-refractivity contribution < 1.29 is 14.3 Å². The molecule has 1 aromatic carbocycles. The molecule has 0 fully saturated rings. The molecule has 1 N–H and O–H groups in total. The Kier molecular flexibility index (Phi) is 4.02. The first-order valence-electron chi connectivity index (χ1n) is 6.75. The Morgan fingerprint density at radius 1 is 1.38 bits per heavy atom. The second-order valence-corrected chi connectivity index (χ2v) is 4.94. The van der Waals surface area contributed by atoms with E-state index in [0.717, 1.165) is 5.56 Å². The van der Waals surface area contributed by atoms with Crippen molar-refractivity contribution in [2.45, 2.75) is 39.2 Å². The van der Waals surface area contributed by atoms with E-state index < -0.39 is 17.3 Å². The number of aryl methyl sites for hydroxylation is 1. The Labute approximate surface area is 121 Å². The zero-order valence-corrected chi connectivity index (χ0v) is 12.2. The van der Waals surface area contributed by atoms with Gasteiger partial charge in [0.15, 0.2) is 11.4 Å². The van der Waals surface area contributed by atoms with Gasteiger partial charge in [0.05, 0.1) is 5.56 Å². The Morgan fingerprint density at radius 2 is 2.05 bits per heavy atom. The van der Waals surface area contributed by atoms with Gasteiger partial charge in [-0.2, -0.15) is 0 Å². The molecule has 0 aliphatic heterocycles. The number of hydrogen-bond acceptors (Lipinski definition) is 4. The minimum atomic E-state index is -1.28. The Hall–Kier alpha value is -2.31. The van der Waals surface area contributed by atoms with E-state index in [4.69, 9.17) is 0 Å². The normalized spacial score (nSPS) is 11.6. The Bertz CT molecular complexity index is 665. The number of nitrogens with zero attached hydrogens (tertiary/aromatic N) is 4. The van der Waals surface area contributed by atoms with E-state index in [1.807, 2.05) is 6.92 Å². The highest BCUT2D eigenvalue weighted by molar-refractivity contribution is 5.77. The summed E-state index contributed by atoms with van der Waals surface area (Å²) in [6, 6.07) is 4.57. The number of tetrazole rings is 1. The zero-order chi connectivity index (χ0) is 15.6. The standard InChI is InChI=1S/C14H17FN4O2/c1-4-14(5-2,13(20)21)19-12(16-17-18-19)10-8-9(3)6-7-11(10)15/h6-8H,4-5H2,1-3H3,(H,20,21). The molecule has 1 heterocycles. The quantitative estimate of drug-likeness (QED) is 0.915. The highest BCUT2D eigenvalue weighted by Gasteiger charge is 2.40. The molecule has 0 saturated carbocycles. The van der Waals surface area contributed by atoms with Gasteiger partial charge in [-0.15, -0.1) is 5.10 Å². The van der Waals surface area contributed by atoms with Crippen LogP contribution in [0.5, 0.6) is 0 Å². The van der Waals surface area contributed by atoms with Gasteiger partial charge >= 0.3 is 5.97 Å². The van der Waals surface area contributed by atoms with E-state index >= 15 is 0 Å². The highest BCUT2D eigenvalue weighted by atomic mass is 19.1. The third-order valence-corrected chi connectivity index (χ3v) is 3.81. The molecule has 0 saturated heterocycles. The molecule has 1 aromatic heterocycles. The molecule has 0 aliphatic rings. The lowest BCUT2D eigenvalue weighted by Gasteiger charge is -2.27. The van der Waals surface area contributed by atoms with Crippen LogP contribution in [0.1, 0.15) is 32.3 Å². The summed E-state index contributed by atoms with van der Waals surface area (Å²) in [5.74, 6) is -1.39. The monoisotopic (exact) mass is 292 g/mol. The summed E-state index contributed by atoms with van der Waals surface area (Å²) in [5.41, 5.74) is -0.239. The summed E-state index contributed by atoms with van der Waals surface area (Å²) >= 11 is 0. The first kappa shape index (κ1) is 15.1. The lowest BCUT2D eigenvalue weighted by molar-refractivity contribution is -0.148. The number of benzene rings is 1. The molecule has 6 nitrogen and oxygen atoms in total. The molecule has 0 radical (unpaired) electrons. The predicted octanol–water partition coefficient (Wildman–Crippen LogP) is 2.39. The number of carboxylic acid groups (broad SMARTS) is 1. The Balaban J connectivity index is 2.67. The molecule has 0 amide bonds. The maximum atomic E-state index is 14.1. The van der Waals surface area contributed by atoms with Crippen LogP contribution in [-0.2, 0) is 10.3 Å². The maximum absolute atomic E-state index is 14.1. The van der Waals surface area contributed by atoms with Gasteiger partial charge in [-0.05, 0) is 42.3 Å². The third-order valence-electron chi connectivity index (χ3n) is 3.81. The second-order valence-electron chi connectivity index (χ2n) is 4.94. The summed E-state index contributed by atoms with van der Waals surface area (Å²) in [7, 11) is 0. The fraction of sp³-hybridized carbons (Fsp3) is 0.429. The van der Waals surface area contributed by atoms with Crippen LogP contribution in [0.2, 0.25) is 0 Å². The van der Waals surface area contributed by atoms with Crippen molar-refractivity contribution >= 4 is 5.97 Å². The van der Waals surface area contributed by atoms with Gasteiger partial charge in [0.1, 0.15) is 5.82 Å². The fourth-order valence-electron chi connectivity index (χ4n) is 2.40. The topological polar surface area (TPSA) is 80.9 Å². The van der Waals surface area contributed by atoms with Crippen LogP contribution in [0.4, 0.5) is 4.39 Å². The van der Waals surface area contributed by atoms with E-state index in [-0.39, 0.29) is 11.4 Å². The van der Waals surface area contributed by atoms with Crippen molar-refractivity contribution in [3.63, 3.8) is 0 Å². The third kappa shape index (κ3) is 2.39. The molecule has 0 atom stereocenters. The number of aromatic nitrogens is 4. The van der Waals surface area contributed by atoms with Crippen LogP contribution in [0.15, 0.2) is 18.2 Å². The van der Waals surface area contributed by atoms with Crippen molar-refractivity contribution in [3.05, 3.63) is 29.6 Å². The molecule has 0 bridgehead atoms. The summed E-state index contributed by atoms with van der Waals surface area (Å²) in [6.45, 7) is 5.31. The van der Waals surface area contributed by atoms with E-state index in [2.05, 4.69) is 15.5 Å². The van der Waals surface area contributed by atoms with Crippen LogP contribution in [0.3, 0.4) is 0 Å². The molecule has 2 rings (SSSR count). The molecule has 0 aliphatic carbocycles. The summed E-state index contributed by atoms with van der Waals surface area (Å²) in [6.07, 6.45) is 0.592. The molecule has 0 spiro atoms. The number of hydrogen-bond donors (Lipinski definition) is 1. The molecule has 7 heteroatoms. The average Bonchev–Trinajstić information content (AvgIpc) is 2.93. The van der Waals surface area contributed by atoms with Crippen LogP contribution < -0.4 is 0 Å². The average molecular weight is 292 g/mol. The summed E-state index contributed by atoms with van der Waals surface area (Å²) in [5, 5.41) is 20.8. The van der Waals surface area contributed by atoms with Crippen LogP contribution in [0, 0.1) is 12.7 Å². The maximum Gasteiger partial charge on any atom is 0.331 e. The molecule has 112 valence electrons.